The molecule has 8 nitrogen and oxygen atoms in total. The van der Waals surface area contributed by atoms with Crippen LogP contribution in [0, 0.1) is 5.92 Å². The third-order valence-electron chi connectivity index (χ3n) is 5.91. The van der Waals surface area contributed by atoms with Crippen molar-refractivity contribution >= 4 is 15.7 Å². The molecule has 0 spiro atoms. The zero-order valence-electron chi connectivity index (χ0n) is 17.6. The third-order valence-corrected chi connectivity index (χ3v) is 7.02. The molecule has 1 saturated heterocycles. The Morgan fingerprint density at radius 1 is 1.26 bits per heavy atom. The van der Waals surface area contributed by atoms with Gasteiger partial charge >= 0.3 is 12.4 Å². The highest BCUT2D eigenvalue weighted by atomic mass is 32.2. The summed E-state index contributed by atoms with van der Waals surface area (Å²) in [5, 5.41) is 2.93. The number of fused-ring (bicyclic) bond motifs is 1. The number of carbonyl (C=O) groups is 1. The summed E-state index contributed by atoms with van der Waals surface area (Å²) in [4.78, 5) is 17.5. The van der Waals surface area contributed by atoms with Gasteiger partial charge in [0.1, 0.15) is 5.75 Å². The van der Waals surface area contributed by atoms with Crippen molar-refractivity contribution in [3.8, 4) is 5.75 Å². The van der Waals surface area contributed by atoms with Gasteiger partial charge in [-0.25, -0.2) is 8.42 Å². The fourth-order valence-electron chi connectivity index (χ4n) is 3.95. The van der Waals surface area contributed by atoms with Crippen molar-refractivity contribution in [2.45, 2.75) is 42.1 Å². The van der Waals surface area contributed by atoms with Crippen molar-refractivity contribution in [2.24, 2.45) is 5.92 Å². The molecule has 1 aromatic heterocycles. The first-order valence-corrected chi connectivity index (χ1v) is 11.7. The Morgan fingerprint density at radius 2 is 1.94 bits per heavy atom. The lowest BCUT2D eigenvalue weighted by molar-refractivity contribution is -0.189. The van der Waals surface area contributed by atoms with Gasteiger partial charge in [-0.2, -0.15) is 31.3 Å². The average molecular weight is 513 g/mol. The number of hydrogen-bond donors (Lipinski definition) is 0. The maximum Gasteiger partial charge on any atom is 0.455 e. The number of amides is 1. The number of sulfone groups is 1. The van der Waals surface area contributed by atoms with Gasteiger partial charge in [-0.3, -0.25) is 4.79 Å². The number of carbonyl (C=O) groups excluding carboxylic acids is 1. The van der Waals surface area contributed by atoms with E-state index < -0.39 is 56.8 Å². The topological polar surface area (TPSA) is 103 Å². The van der Waals surface area contributed by atoms with Crippen LogP contribution < -0.4 is 4.74 Å². The van der Waals surface area contributed by atoms with Crippen LogP contribution in [0.25, 0.3) is 0 Å². The van der Waals surface area contributed by atoms with E-state index in [1.807, 2.05) is 0 Å². The van der Waals surface area contributed by atoms with Gasteiger partial charge in [-0.15, -0.1) is 0 Å². The number of benzene rings is 1. The molecule has 34 heavy (non-hydrogen) atoms. The molecule has 1 unspecified atom stereocenters. The zero-order chi connectivity index (χ0) is 25.3. The predicted octanol–water partition coefficient (Wildman–Crippen LogP) is 3.24. The van der Waals surface area contributed by atoms with Crippen molar-refractivity contribution < 1.29 is 48.8 Å². The Kier molecular flexibility index (Phi) is 5.42. The Bertz CT molecular complexity index is 1240. The second kappa shape index (κ2) is 7.58. The van der Waals surface area contributed by atoms with Crippen LogP contribution in [0.15, 0.2) is 27.6 Å². The molecule has 3 atom stereocenters. The van der Waals surface area contributed by atoms with E-state index in [2.05, 4.69) is 10.1 Å². The minimum absolute atomic E-state index is 0.0555. The number of nitrogens with zero attached hydrogens (tertiary/aromatic N) is 3. The molecule has 186 valence electrons. The largest absolute Gasteiger partial charge is 0.480 e. The highest BCUT2D eigenvalue weighted by Gasteiger charge is 2.66. The average Bonchev–Trinajstić information content (AvgIpc) is 3.07. The van der Waals surface area contributed by atoms with Crippen LogP contribution in [0.5, 0.6) is 5.75 Å². The van der Waals surface area contributed by atoms with Gasteiger partial charge < -0.3 is 14.2 Å². The molecular weight excluding hydrogens is 496 g/mol. The molecule has 2 heterocycles. The first-order chi connectivity index (χ1) is 15.5. The monoisotopic (exact) mass is 513 g/mol. The second-order valence-corrected chi connectivity index (χ2v) is 10.4. The highest BCUT2D eigenvalue weighted by Crippen LogP contribution is 2.59. The van der Waals surface area contributed by atoms with Crippen LogP contribution in [-0.2, 0) is 21.4 Å². The minimum atomic E-state index is -4.82. The standard InChI is InChI=1S/C19H17F6N3O5S/c1-9(18(20,21)22)32-13-4-3-11(34(2,30)31)5-12(13)14(29)28-7-10-6-17(10,8-28)16-26-15(27-33-16)19(23,24)25/h3-5,9-10H,6-8H2,1-2H3/t9-,10?,17+/m1/s1. The Balaban J connectivity index is 1.63. The van der Waals surface area contributed by atoms with Gasteiger partial charge in [0.2, 0.25) is 5.89 Å². The summed E-state index contributed by atoms with van der Waals surface area (Å²) >= 11 is 0. The summed E-state index contributed by atoms with van der Waals surface area (Å²) in [6, 6.07) is 2.90. The van der Waals surface area contributed by atoms with Gasteiger partial charge in [0.15, 0.2) is 15.9 Å². The molecule has 0 radical (unpaired) electrons. The maximum atomic E-state index is 13.2. The van der Waals surface area contributed by atoms with E-state index in [-0.39, 0.29) is 29.8 Å². The third kappa shape index (κ3) is 4.32. The summed E-state index contributed by atoms with van der Waals surface area (Å²) in [7, 11) is -3.81. The fraction of sp³-hybridized carbons (Fsp3) is 0.526. The molecule has 4 rings (SSSR count). The summed E-state index contributed by atoms with van der Waals surface area (Å²) < 4.78 is 111. The van der Waals surface area contributed by atoms with Gasteiger partial charge in [-0.05, 0) is 37.5 Å². The Morgan fingerprint density at radius 3 is 2.50 bits per heavy atom. The van der Waals surface area contributed by atoms with Gasteiger partial charge in [0.05, 0.1) is 15.9 Å². The van der Waals surface area contributed by atoms with Crippen LogP contribution in [0.3, 0.4) is 0 Å². The molecule has 15 heteroatoms. The smallest absolute Gasteiger partial charge is 0.455 e. The van der Waals surface area contributed by atoms with E-state index in [1.54, 1.807) is 0 Å². The van der Waals surface area contributed by atoms with Crippen LogP contribution in [0.1, 0.15) is 35.4 Å². The molecule has 2 fully saturated rings. The van der Waals surface area contributed by atoms with Crippen molar-refractivity contribution in [2.75, 3.05) is 19.3 Å². The fourth-order valence-corrected chi connectivity index (χ4v) is 4.59. The van der Waals surface area contributed by atoms with Crippen LogP contribution in [0.2, 0.25) is 0 Å². The second-order valence-electron chi connectivity index (χ2n) is 8.40. The number of ether oxygens (including phenoxy) is 1. The minimum Gasteiger partial charge on any atom is -0.480 e. The van der Waals surface area contributed by atoms with Crippen LogP contribution >= 0.6 is 0 Å². The molecule has 1 amide bonds. The predicted molar refractivity (Wildman–Crippen MR) is 101 cm³/mol. The van der Waals surface area contributed by atoms with E-state index >= 15 is 0 Å². The van der Waals surface area contributed by atoms with E-state index in [9.17, 15) is 39.6 Å². The summed E-state index contributed by atoms with van der Waals surface area (Å²) in [5.41, 5.74) is -1.42. The normalized spacial score (nSPS) is 23.5. The molecule has 1 aliphatic heterocycles. The molecule has 1 saturated carbocycles. The molecule has 1 aliphatic carbocycles. The number of piperidine rings is 1. The SMILES string of the molecule is C[C@@H](Oc1ccc(S(C)(=O)=O)cc1C(=O)N1CC2C[C@]2(c2nc(C(F)(F)F)no2)C1)C(F)(F)F. The van der Waals surface area contributed by atoms with Gasteiger partial charge in [0, 0.05) is 19.3 Å². The molecule has 2 aromatic rings. The molecular formula is C19H17F6N3O5S. The van der Waals surface area contributed by atoms with Crippen molar-refractivity contribution in [1.29, 1.82) is 0 Å². The number of alkyl halides is 6. The zero-order valence-corrected chi connectivity index (χ0v) is 18.4. The van der Waals surface area contributed by atoms with Gasteiger partial charge in [0.25, 0.3) is 11.7 Å². The van der Waals surface area contributed by atoms with E-state index in [0.29, 0.717) is 6.42 Å². The molecule has 0 N–H and O–H groups in total. The summed E-state index contributed by atoms with van der Waals surface area (Å²) in [5.74, 6) is -3.35. The molecule has 2 aliphatic rings. The van der Waals surface area contributed by atoms with Crippen LogP contribution in [0.4, 0.5) is 26.3 Å². The first kappa shape index (κ1) is 24.3. The van der Waals surface area contributed by atoms with Gasteiger partial charge in [-0.1, -0.05) is 5.16 Å². The number of hydrogen-bond acceptors (Lipinski definition) is 7. The van der Waals surface area contributed by atoms with E-state index in [4.69, 9.17) is 9.26 Å². The highest BCUT2D eigenvalue weighted by molar-refractivity contribution is 7.90. The molecule has 0 bridgehead atoms. The lowest BCUT2D eigenvalue weighted by Crippen LogP contribution is -2.35. The van der Waals surface area contributed by atoms with Crippen LogP contribution in [-0.4, -0.2) is 61.0 Å². The number of aromatic nitrogens is 2. The Hall–Kier alpha value is -2.84. The van der Waals surface area contributed by atoms with Crippen molar-refractivity contribution in [3.63, 3.8) is 0 Å². The number of likely N-dealkylation sites (tertiary alicyclic amines) is 1. The first-order valence-electron chi connectivity index (χ1n) is 9.80. The van der Waals surface area contributed by atoms with Crippen molar-refractivity contribution in [1.82, 2.24) is 15.0 Å². The maximum absolute atomic E-state index is 13.2. The van der Waals surface area contributed by atoms with E-state index in [1.165, 1.54) is 4.90 Å². The summed E-state index contributed by atoms with van der Waals surface area (Å²) in [6.45, 7) is 0.653. The van der Waals surface area contributed by atoms with Crippen molar-refractivity contribution in [3.05, 3.63) is 35.5 Å². The quantitative estimate of drug-likeness (QED) is 0.566. The Labute approximate surface area is 188 Å². The summed E-state index contributed by atoms with van der Waals surface area (Å²) in [6.07, 6.45) is -10.6. The lowest BCUT2D eigenvalue weighted by Gasteiger charge is -2.23. The number of halogens is 6. The number of rotatable bonds is 5. The molecule has 1 aromatic carbocycles. The lowest BCUT2D eigenvalue weighted by atomic mass is 10.1. The van der Waals surface area contributed by atoms with E-state index in [0.717, 1.165) is 31.4 Å².